The number of nitrogen functional groups attached to an aromatic ring is 1. The number of rotatable bonds is 5. The molecule has 0 bridgehead atoms. The molecule has 0 saturated heterocycles. The van der Waals surface area contributed by atoms with Crippen LogP contribution in [-0.2, 0) is 13.2 Å². The van der Waals surface area contributed by atoms with E-state index in [4.69, 9.17) is 27.2 Å². The normalized spacial score (nSPS) is 10.6. The minimum absolute atomic E-state index is 0.0189. The van der Waals surface area contributed by atoms with Gasteiger partial charge < -0.3 is 15.6 Å². The molecule has 7 heteroatoms. The number of hydrogen-bond acceptors (Lipinski definition) is 4. The number of halogens is 1. The highest BCUT2D eigenvalue weighted by Gasteiger charge is 2.17. The Morgan fingerprint density at radius 2 is 2.24 bits per heavy atom. The van der Waals surface area contributed by atoms with Gasteiger partial charge in [0.2, 0.25) is 0 Å². The highest BCUT2D eigenvalue weighted by Crippen LogP contribution is 2.29. The van der Waals surface area contributed by atoms with E-state index in [2.05, 4.69) is 5.10 Å². The van der Waals surface area contributed by atoms with Crippen LogP contribution in [0.15, 0.2) is 18.2 Å². The third-order valence-electron chi connectivity index (χ3n) is 3.08. The molecule has 0 atom stereocenters. The summed E-state index contributed by atoms with van der Waals surface area (Å²) in [6.45, 7) is 4.48. The third-order valence-corrected chi connectivity index (χ3v) is 3.57. The van der Waals surface area contributed by atoms with Crippen molar-refractivity contribution in [1.29, 1.82) is 0 Å². The van der Waals surface area contributed by atoms with Crippen LogP contribution >= 0.6 is 11.6 Å². The van der Waals surface area contributed by atoms with Gasteiger partial charge in [0.1, 0.15) is 12.2 Å². The zero-order valence-corrected chi connectivity index (χ0v) is 12.5. The van der Waals surface area contributed by atoms with Gasteiger partial charge in [-0.1, -0.05) is 17.7 Å². The number of benzene rings is 1. The molecule has 0 fully saturated rings. The number of aromatic nitrogens is 2. The second-order valence-corrected chi connectivity index (χ2v) is 4.86. The number of carboxylic acids is 1. The average Bonchev–Trinajstić information content (AvgIpc) is 2.72. The molecule has 1 aromatic heterocycles. The molecule has 112 valence electrons. The number of nitrogens with two attached hydrogens (primary N) is 1. The van der Waals surface area contributed by atoms with Crippen LogP contribution in [0.2, 0.25) is 5.02 Å². The fourth-order valence-electron chi connectivity index (χ4n) is 2.03. The summed E-state index contributed by atoms with van der Waals surface area (Å²) < 4.78 is 7.32. The maximum Gasteiger partial charge on any atom is 0.339 e. The Labute approximate surface area is 127 Å². The van der Waals surface area contributed by atoms with Gasteiger partial charge in [0.05, 0.1) is 22.1 Å². The summed E-state index contributed by atoms with van der Waals surface area (Å²) in [5, 5.41) is 14.0. The van der Waals surface area contributed by atoms with Crippen LogP contribution in [0.25, 0.3) is 0 Å². The molecule has 0 aliphatic heterocycles. The van der Waals surface area contributed by atoms with Crippen molar-refractivity contribution in [2.24, 2.45) is 0 Å². The number of anilines is 1. The van der Waals surface area contributed by atoms with Crippen molar-refractivity contribution in [3.63, 3.8) is 0 Å². The van der Waals surface area contributed by atoms with Crippen LogP contribution in [0.4, 0.5) is 5.69 Å². The molecule has 0 saturated carbocycles. The van der Waals surface area contributed by atoms with Gasteiger partial charge in [-0.15, -0.1) is 0 Å². The summed E-state index contributed by atoms with van der Waals surface area (Å²) in [4.78, 5) is 11.2. The standard InChI is InChI=1S/C14H16ClN3O3/c1-3-18-11(12(15)8(2)17-18)7-21-13-9(14(19)20)5-4-6-10(13)16/h4-6H,3,7,16H2,1-2H3,(H,19,20). The number of carboxylic acid groups (broad SMARTS) is 1. The molecule has 1 heterocycles. The van der Waals surface area contributed by atoms with Gasteiger partial charge in [-0.05, 0) is 26.0 Å². The van der Waals surface area contributed by atoms with Crippen LogP contribution in [0, 0.1) is 6.92 Å². The Kier molecular flexibility index (Phi) is 4.37. The number of aryl methyl sites for hydroxylation is 2. The van der Waals surface area contributed by atoms with Gasteiger partial charge in [0.15, 0.2) is 5.75 Å². The molecule has 0 radical (unpaired) electrons. The zero-order chi connectivity index (χ0) is 15.6. The molecule has 0 amide bonds. The van der Waals surface area contributed by atoms with Gasteiger partial charge in [0, 0.05) is 6.54 Å². The van der Waals surface area contributed by atoms with Gasteiger partial charge in [0.25, 0.3) is 0 Å². The highest BCUT2D eigenvalue weighted by atomic mass is 35.5. The van der Waals surface area contributed by atoms with Gasteiger partial charge in [-0.25, -0.2) is 4.79 Å². The number of nitrogens with zero attached hydrogens (tertiary/aromatic N) is 2. The lowest BCUT2D eigenvalue weighted by atomic mass is 10.2. The van der Waals surface area contributed by atoms with Crippen LogP contribution in [-0.4, -0.2) is 20.9 Å². The van der Waals surface area contributed by atoms with Crippen LogP contribution in [0.1, 0.15) is 28.7 Å². The summed E-state index contributed by atoms with van der Waals surface area (Å²) in [6, 6.07) is 4.60. The van der Waals surface area contributed by atoms with E-state index in [1.54, 1.807) is 23.7 Å². The van der Waals surface area contributed by atoms with E-state index >= 15 is 0 Å². The number of aromatic carboxylic acids is 1. The first-order valence-electron chi connectivity index (χ1n) is 6.42. The minimum Gasteiger partial charge on any atom is -0.484 e. The van der Waals surface area contributed by atoms with Crippen LogP contribution in [0.5, 0.6) is 5.75 Å². The largest absolute Gasteiger partial charge is 0.484 e. The maximum absolute atomic E-state index is 11.2. The first kappa shape index (κ1) is 15.2. The molecule has 0 unspecified atom stereocenters. The Balaban J connectivity index is 2.31. The van der Waals surface area contributed by atoms with Crippen molar-refractivity contribution in [2.75, 3.05) is 5.73 Å². The molecule has 2 aromatic rings. The molecule has 0 aliphatic carbocycles. The lowest BCUT2D eigenvalue weighted by molar-refractivity contribution is 0.0691. The number of carbonyl (C=O) groups is 1. The number of para-hydroxylation sites is 1. The van der Waals surface area contributed by atoms with E-state index in [0.29, 0.717) is 23.0 Å². The van der Waals surface area contributed by atoms with Crippen molar-refractivity contribution >= 4 is 23.3 Å². The van der Waals surface area contributed by atoms with E-state index in [-0.39, 0.29) is 23.6 Å². The summed E-state index contributed by atoms with van der Waals surface area (Å²) in [5.41, 5.74) is 7.48. The zero-order valence-electron chi connectivity index (χ0n) is 11.8. The topological polar surface area (TPSA) is 90.4 Å². The van der Waals surface area contributed by atoms with Crippen molar-refractivity contribution in [2.45, 2.75) is 27.0 Å². The highest BCUT2D eigenvalue weighted by molar-refractivity contribution is 6.31. The molecular weight excluding hydrogens is 294 g/mol. The predicted octanol–water partition coefficient (Wildman–Crippen LogP) is 2.72. The summed E-state index contributed by atoms with van der Waals surface area (Å²) in [5.74, 6) is -0.953. The minimum atomic E-state index is -1.09. The summed E-state index contributed by atoms with van der Waals surface area (Å²) in [6.07, 6.45) is 0. The molecule has 0 spiro atoms. The molecule has 2 rings (SSSR count). The Hall–Kier alpha value is -2.21. The summed E-state index contributed by atoms with van der Waals surface area (Å²) >= 11 is 6.19. The fourth-order valence-corrected chi connectivity index (χ4v) is 2.22. The quantitative estimate of drug-likeness (QED) is 0.829. The lowest BCUT2D eigenvalue weighted by Crippen LogP contribution is -2.10. The maximum atomic E-state index is 11.2. The lowest BCUT2D eigenvalue weighted by Gasteiger charge is -2.12. The number of hydrogen-bond donors (Lipinski definition) is 2. The van der Waals surface area contributed by atoms with Crippen molar-refractivity contribution in [1.82, 2.24) is 9.78 Å². The molecule has 6 nitrogen and oxygen atoms in total. The first-order valence-corrected chi connectivity index (χ1v) is 6.79. The smallest absolute Gasteiger partial charge is 0.339 e. The van der Waals surface area contributed by atoms with Crippen LogP contribution < -0.4 is 10.5 Å². The predicted molar refractivity (Wildman–Crippen MR) is 79.8 cm³/mol. The van der Waals surface area contributed by atoms with Gasteiger partial charge >= 0.3 is 5.97 Å². The average molecular weight is 310 g/mol. The van der Waals surface area contributed by atoms with Crippen molar-refractivity contribution < 1.29 is 14.6 Å². The van der Waals surface area contributed by atoms with Crippen LogP contribution in [0.3, 0.4) is 0 Å². The SMILES string of the molecule is CCn1nc(C)c(Cl)c1COc1c(N)cccc1C(=O)O. The fraction of sp³-hybridized carbons (Fsp3) is 0.286. The van der Waals surface area contributed by atoms with E-state index in [1.165, 1.54) is 6.07 Å². The van der Waals surface area contributed by atoms with E-state index < -0.39 is 5.97 Å². The third kappa shape index (κ3) is 2.95. The molecule has 21 heavy (non-hydrogen) atoms. The van der Waals surface area contributed by atoms with E-state index in [1.807, 2.05) is 6.92 Å². The second kappa shape index (κ2) is 6.05. The molecular formula is C14H16ClN3O3. The molecule has 3 N–H and O–H groups in total. The monoisotopic (exact) mass is 309 g/mol. The Bertz CT molecular complexity index is 682. The summed E-state index contributed by atoms with van der Waals surface area (Å²) in [7, 11) is 0. The van der Waals surface area contributed by atoms with E-state index in [9.17, 15) is 4.79 Å². The second-order valence-electron chi connectivity index (χ2n) is 4.48. The van der Waals surface area contributed by atoms with Crippen molar-refractivity contribution in [3.8, 4) is 5.75 Å². The van der Waals surface area contributed by atoms with Gasteiger partial charge in [-0.3, -0.25) is 4.68 Å². The Morgan fingerprint density at radius 3 is 2.86 bits per heavy atom. The Morgan fingerprint density at radius 1 is 1.52 bits per heavy atom. The molecule has 1 aromatic carbocycles. The number of ether oxygens (including phenoxy) is 1. The van der Waals surface area contributed by atoms with Gasteiger partial charge in [-0.2, -0.15) is 5.10 Å². The van der Waals surface area contributed by atoms with E-state index in [0.717, 1.165) is 0 Å². The first-order chi connectivity index (χ1) is 9.95. The molecule has 0 aliphatic rings. The van der Waals surface area contributed by atoms with Crippen molar-refractivity contribution in [3.05, 3.63) is 40.2 Å².